The van der Waals surface area contributed by atoms with E-state index in [1.165, 1.54) is 4.31 Å². The number of carbonyl (C=O) groups excluding carboxylic acids is 1. The third kappa shape index (κ3) is 3.24. The first-order chi connectivity index (χ1) is 9.46. The van der Waals surface area contributed by atoms with Gasteiger partial charge in [-0.2, -0.15) is 4.31 Å². The summed E-state index contributed by atoms with van der Waals surface area (Å²) in [6.07, 6.45) is 2.12. The number of carbonyl (C=O) groups is 1. The van der Waals surface area contributed by atoms with Crippen molar-refractivity contribution in [3.05, 3.63) is 15.9 Å². The first-order valence-corrected chi connectivity index (χ1v) is 9.45. The Morgan fingerprint density at radius 1 is 1.50 bits per heavy atom. The van der Waals surface area contributed by atoms with E-state index in [0.717, 1.165) is 28.0 Å². The molecule has 0 saturated carbocycles. The molecule has 8 heteroatoms. The number of sulfonamides is 1. The van der Waals surface area contributed by atoms with Crippen LogP contribution in [0.3, 0.4) is 0 Å². The van der Waals surface area contributed by atoms with E-state index in [2.05, 4.69) is 15.9 Å². The second-order valence-electron chi connectivity index (χ2n) is 4.44. The first kappa shape index (κ1) is 15.9. The molecule has 0 aromatic carbocycles. The molecule has 0 aliphatic carbocycles. The fourth-order valence-electron chi connectivity index (χ4n) is 2.22. The molecule has 1 fully saturated rings. The van der Waals surface area contributed by atoms with Gasteiger partial charge >= 0.3 is 5.97 Å². The molecule has 112 valence electrons. The number of ether oxygens (including phenoxy) is 1. The number of hydrogen-bond acceptors (Lipinski definition) is 5. The van der Waals surface area contributed by atoms with Crippen molar-refractivity contribution >= 4 is 43.3 Å². The van der Waals surface area contributed by atoms with Gasteiger partial charge in [0.2, 0.25) is 0 Å². The molecular formula is C12H16BrNO4S2. The summed E-state index contributed by atoms with van der Waals surface area (Å²) in [7, 11) is -3.63. The Morgan fingerprint density at radius 2 is 2.25 bits per heavy atom. The van der Waals surface area contributed by atoms with Crippen LogP contribution in [0, 0.1) is 0 Å². The molecule has 0 unspecified atom stereocenters. The Labute approximate surface area is 131 Å². The van der Waals surface area contributed by atoms with Crippen molar-refractivity contribution in [2.45, 2.75) is 36.4 Å². The molecule has 0 N–H and O–H groups in total. The van der Waals surface area contributed by atoms with Gasteiger partial charge in [0.15, 0.2) is 0 Å². The van der Waals surface area contributed by atoms with E-state index in [1.54, 1.807) is 19.1 Å². The third-order valence-electron chi connectivity index (χ3n) is 3.12. The summed E-state index contributed by atoms with van der Waals surface area (Å²) >= 11 is 4.41. The summed E-state index contributed by atoms with van der Waals surface area (Å²) in [6.45, 7) is 2.34. The average molecular weight is 382 g/mol. The fraction of sp³-hybridized carbons (Fsp3) is 0.583. The molecule has 0 radical (unpaired) electrons. The molecule has 0 amide bonds. The normalized spacial score (nSPS) is 20.8. The molecule has 1 aromatic rings. The summed E-state index contributed by atoms with van der Waals surface area (Å²) in [6, 6.07) is 2.55. The summed E-state index contributed by atoms with van der Waals surface area (Å²) in [5.74, 6) is -0.452. The van der Waals surface area contributed by atoms with E-state index < -0.39 is 22.0 Å². The van der Waals surface area contributed by atoms with Gasteiger partial charge in [0, 0.05) is 6.54 Å². The molecule has 20 heavy (non-hydrogen) atoms. The number of nitrogens with zero attached hydrogens (tertiary/aromatic N) is 1. The summed E-state index contributed by atoms with van der Waals surface area (Å²) in [5.41, 5.74) is 0. The number of hydrogen-bond donors (Lipinski definition) is 0. The molecule has 1 saturated heterocycles. The van der Waals surface area contributed by atoms with Crippen molar-refractivity contribution in [3.8, 4) is 0 Å². The lowest BCUT2D eigenvalue weighted by Crippen LogP contribution is -2.48. The minimum Gasteiger partial charge on any atom is -0.465 e. The van der Waals surface area contributed by atoms with E-state index in [4.69, 9.17) is 4.74 Å². The largest absolute Gasteiger partial charge is 0.465 e. The maximum Gasteiger partial charge on any atom is 0.324 e. The molecule has 1 aliphatic heterocycles. The van der Waals surface area contributed by atoms with E-state index in [0.29, 0.717) is 13.0 Å². The van der Waals surface area contributed by atoms with E-state index >= 15 is 0 Å². The molecule has 2 rings (SSSR count). The topological polar surface area (TPSA) is 63.7 Å². The Morgan fingerprint density at radius 3 is 2.85 bits per heavy atom. The zero-order chi connectivity index (χ0) is 14.8. The van der Waals surface area contributed by atoms with Crippen molar-refractivity contribution in [3.63, 3.8) is 0 Å². The van der Waals surface area contributed by atoms with Crippen LogP contribution >= 0.6 is 27.3 Å². The Kier molecular flexibility index (Phi) is 5.22. The Balaban J connectivity index is 2.29. The minimum atomic E-state index is -3.63. The lowest BCUT2D eigenvalue weighted by atomic mass is 10.1. The molecule has 0 spiro atoms. The summed E-state index contributed by atoms with van der Waals surface area (Å²) in [5, 5.41) is 0. The average Bonchev–Trinajstić information content (AvgIpc) is 2.86. The lowest BCUT2D eigenvalue weighted by Gasteiger charge is -2.32. The number of thiophene rings is 1. The Hall–Kier alpha value is -0.440. The van der Waals surface area contributed by atoms with Crippen molar-refractivity contribution in [2.24, 2.45) is 0 Å². The van der Waals surface area contributed by atoms with Crippen LogP contribution in [0.1, 0.15) is 26.2 Å². The van der Waals surface area contributed by atoms with E-state index in [-0.39, 0.29) is 10.8 Å². The van der Waals surface area contributed by atoms with E-state index in [1.807, 2.05) is 0 Å². The van der Waals surface area contributed by atoms with Crippen LogP contribution in [0.4, 0.5) is 0 Å². The third-order valence-corrected chi connectivity index (χ3v) is 7.12. The predicted molar refractivity (Wildman–Crippen MR) is 80.2 cm³/mol. The highest BCUT2D eigenvalue weighted by atomic mass is 79.9. The predicted octanol–water partition coefficient (Wildman–Crippen LogP) is 2.62. The standard InChI is InChI=1S/C12H16BrNO4S2/c1-2-18-12(15)9-5-3-4-8-14(9)20(16,17)11-7-6-10(13)19-11/h6-7,9H,2-5,8H2,1H3/t9-/m1/s1. The second-order valence-corrected chi connectivity index (χ2v) is 9.02. The minimum absolute atomic E-state index is 0.251. The number of piperidine rings is 1. The second kappa shape index (κ2) is 6.55. The van der Waals surface area contributed by atoms with Crippen LogP contribution in [-0.4, -0.2) is 37.9 Å². The van der Waals surface area contributed by atoms with Gasteiger partial charge in [-0.05, 0) is 54.2 Å². The number of esters is 1. The van der Waals surface area contributed by atoms with Crippen LogP contribution in [0.5, 0.6) is 0 Å². The van der Waals surface area contributed by atoms with Gasteiger partial charge in [-0.25, -0.2) is 8.42 Å². The highest BCUT2D eigenvalue weighted by Crippen LogP contribution is 2.32. The van der Waals surface area contributed by atoms with Crippen LogP contribution < -0.4 is 0 Å². The van der Waals surface area contributed by atoms with Gasteiger partial charge in [-0.3, -0.25) is 4.79 Å². The van der Waals surface area contributed by atoms with Gasteiger partial charge in [-0.1, -0.05) is 0 Å². The van der Waals surface area contributed by atoms with Crippen molar-refractivity contribution in [1.29, 1.82) is 0 Å². The lowest BCUT2D eigenvalue weighted by molar-refractivity contribution is -0.148. The molecule has 1 atom stereocenters. The van der Waals surface area contributed by atoms with E-state index in [9.17, 15) is 13.2 Å². The van der Waals surface area contributed by atoms with Crippen molar-refractivity contribution < 1.29 is 17.9 Å². The van der Waals surface area contributed by atoms with Crippen LogP contribution in [-0.2, 0) is 19.6 Å². The Bertz CT molecular complexity index is 584. The molecule has 2 heterocycles. The summed E-state index contributed by atoms with van der Waals surface area (Å²) < 4.78 is 32.5. The zero-order valence-corrected chi connectivity index (χ0v) is 14.3. The molecule has 1 aromatic heterocycles. The molecular weight excluding hydrogens is 366 g/mol. The monoisotopic (exact) mass is 381 g/mol. The van der Waals surface area contributed by atoms with Gasteiger partial charge in [0.1, 0.15) is 10.3 Å². The zero-order valence-electron chi connectivity index (χ0n) is 11.0. The smallest absolute Gasteiger partial charge is 0.324 e. The van der Waals surface area contributed by atoms with Crippen molar-refractivity contribution in [1.82, 2.24) is 4.31 Å². The van der Waals surface area contributed by atoms with Gasteiger partial charge in [-0.15, -0.1) is 11.3 Å². The van der Waals surface area contributed by atoms with Gasteiger partial charge < -0.3 is 4.74 Å². The number of rotatable bonds is 4. The van der Waals surface area contributed by atoms with Crippen LogP contribution in [0.25, 0.3) is 0 Å². The van der Waals surface area contributed by atoms with Crippen LogP contribution in [0.2, 0.25) is 0 Å². The molecule has 0 bridgehead atoms. The maximum absolute atomic E-state index is 12.6. The maximum atomic E-state index is 12.6. The SMILES string of the molecule is CCOC(=O)[C@H]1CCCCN1S(=O)(=O)c1ccc(Br)s1. The molecule has 1 aliphatic rings. The summed E-state index contributed by atoms with van der Waals surface area (Å²) in [4.78, 5) is 12.0. The highest BCUT2D eigenvalue weighted by Gasteiger charge is 2.39. The molecule has 5 nitrogen and oxygen atoms in total. The fourth-order valence-corrected chi connectivity index (χ4v) is 6.00. The quantitative estimate of drug-likeness (QED) is 0.751. The van der Waals surface area contributed by atoms with Crippen molar-refractivity contribution in [2.75, 3.05) is 13.2 Å². The van der Waals surface area contributed by atoms with Gasteiger partial charge in [0.25, 0.3) is 10.0 Å². The number of halogens is 1. The van der Waals surface area contributed by atoms with Gasteiger partial charge in [0.05, 0.1) is 10.4 Å². The first-order valence-electron chi connectivity index (χ1n) is 6.40. The highest BCUT2D eigenvalue weighted by molar-refractivity contribution is 9.11. The van der Waals surface area contributed by atoms with Crippen LogP contribution in [0.15, 0.2) is 20.1 Å².